The van der Waals surface area contributed by atoms with Gasteiger partial charge in [0, 0.05) is 26.2 Å². The summed E-state index contributed by atoms with van der Waals surface area (Å²) in [6, 6.07) is 10.6. The Balaban J connectivity index is 2.21. The number of benzene rings is 1. The second kappa shape index (κ2) is 7.31. The van der Waals surface area contributed by atoms with Crippen LogP contribution in [0.5, 0.6) is 0 Å². The molecule has 112 valence electrons. The first-order valence-corrected chi connectivity index (χ1v) is 8.28. The molecule has 1 heterocycles. The Labute approximate surface area is 131 Å². The van der Waals surface area contributed by atoms with E-state index in [1.807, 2.05) is 12.3 Å². The molecule has 1 N–H and O–H groups in total. The molecule has 0 atom stereocenters. The highest BCUT2D eigenvalue weighted by atomic mass is 32.2. The van der Waals surface area contributed by atoms with E-state index in [-0.39, 0.29) is 0 Å². The minimum atomic E-state index is 0.791. The summed E-state index contributed by atoms with van der Waals surface area (Å²) in [5, 5.41) is 4.05. The van der Waals surface area contributed by atoms with Crippen LogP contribution in [0.1, 0.15) is 18.1 Å². The van der Waals surface area contributed by atoms with E-state index in [1.165, 1.54) is 11.1 Å². The van der Waals surface area contributed by atoms with Crippen molar-refractivity contribution in [2.75, 3.05) is 30.1 Å². The summed E-state index contributed by atoms with van der Waals surface area (Å²) < 4.78 is 0. The fourth-order valence-electron chi connectivity index (χ4n) is 2.14. The highest BCUT2D eigenvalue weighted by Gasteiger charge is 2.08. The summed E-state index contributed by atoms with van der Waals surface area (Å²) in [6.07, 6.45) is 2.00. The predicted molar refractivity (Wildman–Crippen MR) is 91.3 cm³/mol. The third-order valence-corrected chi connectivity index (χ3v) is 3.67. The minimum Gasteiger partial charge on any atom is -0.370 e. The largest absolute Gasteiger partial charge is 0.370 e. The number of hydrogen-bond acceptors (Lipinski definition) is 5. The van der Waals surface area contributed by atoms with Crippen LogP contribution in [0.4, 0.5) is 11.6 Å². The average molecular weight is 302 g/mol. The molecule has 0 aliphatic carbocycles. The summed E-state index contributed by atoms with van der Waals surface area (Å²) in [6.45, 7) is 5.87. The van der Waals surface area contributed by atoms with Gasteiger partial charge in [-0.3, -0.25) is 0 Å². The molecule has 0 aliphatic rings. The van der Waals surface area contributed by atoms with Crippen molar-refractivity contribution in [3.05, 3.63) is 41.5 Å². The molecular formula is C16H22N4S. The van der Waals surface area contributed by atoms with Gasteiger partial charge in [-0.05, 0) is 25.7 Å². The van der Waals surface area contributed by atoms with E-state index >= 15 is 0 Å². The van der Waals surface area contributed by atoms with Gasteiger partial charge in [0.1, 0.15) is 11.6 Å². The van der Waals surface area contributed by atoms with Crippen LogP contribution in [-0.2, 0) is 6.54 Å². The van der Waals surface area contributed by atoms with Crippen LogP contribution in [0.25, 0.3) is 0 Å². The Kier molecular flexibility index (Phi) is 5.44. The molecule has 0 saturated carbocycles. The summed E-state index contributed by atoms with van der Waals surface area (Å²) in [7, 11) is 2.06. The van der Waals surface area contributed by atoms with Gasteiger partial charge in [0.25, 0.3) is 0 Å². The van der Waals surface area contributed by atoms with Crippen molar-refractivity contribution >= 4 is 23.4 Å². The van der Waals surface area contributed by atoms with Crippen LogP contribution < -0.4 is 10.2 Å². The Bertz CT molecular complexity index is 601. The SMILES string of the molecule is CCNc1cc(N(C)Cc2cccc(C)c2)nc(SC)n1. The third-order valence-electron chi connectivity index (χ3n) is 3.13. The predicted octanol–water partition coefficient (Wildman–Crippen LogP) is 3.58. The monoisotopic (exact) mass is 302 g/mol. The second-order valence-corrected chi connectivity index (χ2v) is 5.75. The van der Waals surface area contributed by atoms with Crippen molar-refractivity contribution in [3.8, 4) is 0 Å². The first-order chi connectivity index (χ1) is 10.1. The van der Waals surface area contributed by atoms with E-state index in [1.54, 1.807) is 11.8 Å². The van der Waals surface area contributed by atoms with E-state index < -0.39 is 0 Å². The van der Waals surface area contributed by atoms with Crippen molar-refractivity contribution in [2.24, 2.45) is 0 Å². The lowest BCUT2D eigenvalue weighted by Crippen LogP contribution is -2.18. The van der Waals surface area contributed by atoms with Gasteiger partial charge in [-0.15, -0.1) is 0 Å². The van der Waals surface area contributed by atoms with Crippen molar-refractivity contribution < 1.29 is 0 Å². The van der Waals surface area contributed by atoms with Gasteiger partial charge < -0.3 is 10.2 Å². The lowest BCUT2D eigenvalue weighted by atomic mass is 10.1. The first-order valence-electron chi connectivity index (χ1n) is 7.06. The van der Waals surface area contributed by atoms with Gasteiger partial charge in [-0.1, -0.05) is 41.6 Å². The molecule has 0 amide bonds. The second-order valence-electron chi connectivity index (χ2n) is 4.97. The first kappa shape index (κ1) is 15.6. The number of anilines is 2. The van der Waals surface area contributed by atoms with E-state index in [9.17, 15) is 0 Å². The van der Waals surface area contributed by atoms with Gasteiger partial charge in [-0.2, -0.15) is 0 Å². The summed E-state index contributed by atoms with van der Waals surface area (Å²) in [4.78, 5) is 11.2. The van der Waals surface area contributed by atoms with Crippen molar-refractivity contribution in [1.82, 2.24) is 9.97 Å². The molecular weight excluding hydrogens is 280 g/mol. The molecule has 5 heteroatoms. The van der Waals surface area contributed by atoms with E-state index in [2.05, 4.69) is 65.3 Å². The molecule has 2 rings (SSSR count). The van der Waals surface area contributed by atoms with Gasteiger partial charge in [0.05, 0.1) is 0 Å². The molecule has 2 aromatic rings. The quantitative estimate of drug-likeness (QED) is 0.652. The standard InChI is InChI=1S/C16H22N4S/c1-5-17-14-10-15(19-16(18-14)21-4)20(3)11-13-8-6-7-12(2)9-13/h6-10H,5,11H2,1-4H3,(H,17,18,19). The molecule has 0 radical (unpaired) electrons. The molecule has 0 spiro atoms. The molecule has 0 bridgehead atoms. The molecule has 1 aromatic carbocycles. The number of nitrogens with zero attached hydrogens (tertiary/aromatic N) is 3. The zero-order valence-corrected chi connectivity index (χ0v) is 13.9. The summed E-state index contributed by atoms with van der Waals surface area (Å²) >= 11 is 1.56. The Morgan fingerprint density at radius 3 is 2.71 bits per heavy atom. The zero-order valence-electron chi connectivity index (χ0n) is 13.1. The molecule has 4 nitrogen and oxygen atoms in total. The molecule has 0 fully saturated rings. The maximum Gasteiger partial charge on any atom is 0.191 e. The molecule has 0 unspecified atom stereocenters. The summed E-state index contributed by atoms with van der Waals surface area (Å²) in [5.74, 6) is 1.81. The Hall–Kier alpha value is -1.75. The lowest BCUT2D eigenvalue weighted by Gasteiger charge is -2.20. The molecule has 0 saturated heterocycles. The number of aryl methyl sites for hydroxylation is 1. The summed E-state index contributed by atoms with van der Waals surface area (Å²) in [5.41, 5.74) is 2.56. The maximum absolute atomic E-state index is 4.59. The molecule has 0 aliphatic heterocycles. The zero-order chi connectivity index (χ0) is 15.2. The highest BCUT2D eigenvalue weighted by Crippen LogP contribution is 2.21. The normalized spacial score (nSPS) is 10.5. The van der Waals surface area contributed by atoms with Gasteiger partial charge in [0.2, 0.25) is 0 Å². The minimum absolute atomic E-state index is 0.791. The Morgan fingerprint density at radius 1 is 1.24 bits per heavy atom. The van der Waals surface area contributed by atoms with Gasteiger partial charge in [-0.25, -0.2) is 9.97 Å². The highest BCUT2D eigenvalue weighted by molar-refractivity contribution is 7.98. The lowest BCUT2D eigenvalue weighted by molar-refractivity contribution is 0.856. The number of aromatic nitrogens is 2. The van der Waals surface area contributed by atoms with Crippen LogP contribution in [0, 0.1) is 6.92 Å². The third kappa shape index (κ3) is 4.36. The molecule has 21 heavy (non-hydrogen) atoms. The Morgan fingerprint density at radius 2 is 2.05 bits per heavy atom. The average Bonchev–Trinajstić information content (AvgIpc) is 2.47. The smallest absolute Gasteiger partial charge is 0.191 e. The molecule has 1 aromatic heterocycles. The van der Waals surface area contributed by atoms with Crippen LogP contribution in [0.3, 0.4) is 0 Å². The van der Waals surface area contributed by atoms with Gasteiger partial charge >= 0.3 is 0 Å². The van der Waals surface area contributed by atoms with E-state index in [0.717, 1.165) is 29.9 Å². The maximum atomic E-state index is 4.59. The topological polar surface area (TPSA) is 41.0 Å². The van der Waals surface area contributed by atoms with Crippen molar-refractivity contribution in [1.29, 1.82) is 0 Å². The van der Waals surface area contributed by atoms with Crippen LogP contribution in [0.15, 0.2) is 35.5 Å². The van der Waals surface area contributed by atoms with E-state index in [4.69, 9.17) is 0 Å². The number of thioether (sulfide) groups is 1. The fraction of sp³-hybridized carbons (Fsp3) is 0.375. The van der Waals surface area contributed by atoms with E-state index in [0.29, 0.717) is 0 Å². The van der Waals surface area contributed by atoms with Crippen molar-refractivity contribution in [2.45, 2.75) is 25.5 Å². The fourth-order valence-corrected chi connectivity index (χ4v) is 2.51. The van der Waals surface area contributed by atoms with Crippen LogP contribution in [-0.4, -0.2) is 29.8 Å². The number of rotatable bonds is 6. The van der Waals surface area contributed by atoms with Crippen molar-refractivity contribution in [3.63, 3.8) is 0 Å². The van der Waals surface area contributed by atoms with Crippen LogP contribution >= 0.6 is 11.8 Å². The van der Waals surface area contributed by atoms with Crippen LogP contribution in [0.2, 0.25) is 0 Å². The van der Waals surface area contributed by atoms with Gasteiger partial charge in [0.15, 0.2) is 5.16 Å². The number of hydrogen-bond donors (Lipinski definition) is 1. The number of nitrogens with one attached hydrogen (secondary N) is 1.